The number of ether oxygens (including phenoxy) is 1. The zero-order valence-corrected chi connectivity index (χ0v) is 19.5. The second-order valence-corrected chi connectivity index (χ2v) is 9.25. The first kappa shape index (κ1) is 25.0. The second-order valence-electron chi connectivity index (χ2n) is 9.25. The third-order valence-corrected chi connectivity index (χ3v) is 6.66. The predicted octanol–water partition coefficient (Wildman–Crippen LogP) is 3.70. The Morgan fingerprint density at radius 2 is 2.09 bits per heavy atom. The van der Waals surface area contributed by atoms with Gasteiger partial charge in [-0.05, 0) is 68.6 Å². The van der Waals surface area contributed by atoms with Crippen LogP contribution in [-0.4, -0.2) is 30.0 Å². The highest BCUT2D eigenvalue weighted by Crippen LogP contribution is 2.32. The van der Waals surface area contributed by atoms with E-state index in [0.29, 0.717) is 44.1 Å². The fraction of sp³-hybridized carbons (Fsp3) is 0.600. The Labute approximate surface area is 195 Å². The maximum Gasteiger partial charge on any atom is 0.229 e. The van der Waals surface area contributed by atoms with Gasteiger partial charge in [0.1, 0.15) is 0 Å². The van der Waals surface area contributed by atoms with Crippen molar-refractivity contribution in [2.24, 2.45) is 23.4 Å². The second kappa shape index (κ2) is 12.0. The molecule has 7 nitrogen and oxygen atoms in total. The average molecular weight is 461 g/mol. The number of benzene rings is 1. The number of nitrogens with two attached hydrogens (primary N) is 2. The number of hydrazine groups is 1. The molecule has 0 bridgehead atoms. The van der Waals surface area contributed by atoms with E-state index in [1.54, 1.807) is 17.1 Å². The number of nitrogens with one attached hydrogen (secondary N) is 1. The summed E-state index contributed by atoms with van der Waals surface area (Å²) in [5, 5.41) is 4.08. The van der Waals surface area contributed by atoms with Crippen molar-refractivity contribution >= 4 is 11.8 Å². The largest absolute Gasteiger partial charge is 0.490 e. The number of carbonyl (C=O) groups is 2. The number of piperidine rings is 1. The number of imide groups is 1. The van der Waals surface area contributed by atoms with Gasteiger partial charge in [-0.3, -0.25) is 14.9 Å². The van der Waals surface area contributed by atoms with Crippen LogP contribution in [0, 0.1) is 17.7 Å². The topological polar surface area (TPSA) is 111 Å². The van der Waals surface area contributed by atoms with Gasteiger partial charge in [0.05, 0.1) is 6.61 Å². The Morgan fingerprint density at radius 1 is 1.30 bits per heavy atom. The molecule has 1 saturated carbocycles. The molecule has 2 unspecified atom stereocenters. The summed E-state index contributed by atoms with van der Waals surface area (Å²) >= 11 is 0. The van der Waals surface area contributed by atoms with Crippen LogP contribution < -0.4 is 21.6 Å². The van der Waals surface area contributed by atoms with Gasteiger partial charge in [-0.15, -0.1) is 0 Å². The van der Waals surface area contributed by atoms with Crippen molar-refractivity contribution in [2.45, 2.75) is 70.6 Å². The smallest absolute Gasteiger partial charge is 0.229 e. The van der Waals surface area contributed by atoms with Crippen LogP contribution in [0.15, 0.2) is 30.1 Å². The molecule has 1 aliphatic carbocycles. The van der Waals surface area contributed by atoms with Crippen LogP contribution in [0.25, 0.3) is 0 Å². The molecule has 1 aliphatic heterocycles. The third-order valence-electron chi connectivity index (χ3n) is 6.66. The lowest BCUT2D eigenvalue weighted by Crippen LogP contribution is -2.40. The number of unbranched alkanes of at least 4 members (excludes halogenated alkanes) is 1. The number of allylic oxidation sites excluding steroid dienone is 1. The Kier molecular flexibility index (Phi) is 9.11. The molecule has 8 heteroatoms. The van der Waals surface area contributed by atoms with Crippen LogP contribution in [0.1, 0.15) is 76.2 Å². The number of nitrogens with zero attached hydrogens (tertiary/aromatic N) is 1. The fourth-order valence-corrected chi connectivity index (χ4v) is 4.23. The highest BCUT2D eigenvalue weighted by atomic mass is 19.1. The lowest BCUT2D eigenvalue weighted by molar-refractivity contribution is -0.136. The molecule has 182 valence electrons. The molecule has 5 N–H and O–H groups in total. The van der Waals surface area contributed by atoms with Gasteiger partial charge in [0.15, 0.2) is 11.6 Å². The molecule has 2 fully saturated rings. The van der Waals surface area contributed by atoms with Gasteiger partial charge in [0.2, 0.25) is 11.8 Å². The fourth-order valence-electron chi connectivity index (χ4n) is 4.23. The molecular formula is C25H37FN4O3. The Morgan fingerprint density at radius 3 is 2.76 bits per heavy atom. The lowest BCUT2D eigenvalue weighted by atomic mass is 9.92. The van der Waals surface area contributed by atoms with Gasteiger partial charge in [0, 0.05) is 36.7 Å². The van der Waals surface area contributed by atoms with Gasteiger partial charge in [0.25, 0.3) is 0 Å². The van der Waals surface area contributed by atoms with E-state index < -0.39 is 0 Å². The molecule has 1 saturated heterocycles. The van der Waals surface area contributed by atoms with E-state index in [2.05, 4.69) is 12.2 Å². The molecule has 0 radical (unpaired) electrons. The summed E-state index contributed by atoms with van der Waals surface area (Å²) in [5.41, 5.74) is 7.69. The van der Waals surface area contributed by atoms with Crippen LogP contribution in [0.5, 0.6) is 5.75 Å². The number of carbonyl (C=O) groups excluding carboxylic acids is 2. The SMILES string of the molecule is CCC(CN(N)/C(=C\N)CCCCC1CCC(=O)NC1=O)c1ccc(F)c(OCC2CC2)c1. The summed E-state index contributed by atoms with van der Waals surface area (Å²) < 4.78 is 19.9. The monoisotopic (exact) mass is 460 g/mol. The van der Waals surface area contributed by atoms with E-state index in [9.17, 15) is 14.0 Å². The summed E-state index contributed by atoms with van der Waals surface area (Å²) in [5.74, 6) is 6.56. The number of rotatable bonds is 13. The normalized spacial score (nSPS) is 19.8. The van der Waals surface area contributed by atoms with Gasteiger partial charge < -0.3 is 15.5 Å². The number of amides is 2. The highest BCUT2D eigenvalue weighted by molar-refractivity contribution is 5.98. The Balaban J connectivity index is 1.48. The zero-order chi connectivity index (χ0) is 23.8. The van der Waals surface area contributed by atoms with Crippen LogP contribution in [0.4, 0.5) is 4.39 Å². The molecule has 2 atom stereocenters. The summed E-state index contributed by atoms with van der Waals surface area (Å²) in [4.78, 5) is 23.2. The standard InChI is InChI=1S/C25H37FN4O3/c1-2-18(20-9-11-22(26)23(13-20)33-16-17-7-8-17)15-30(28)21(14-27)6-4-3-5-19-10-12-24(31)29-25(19)32/h9,11,13-14,17-19H,2-8,10,12,15-16,27-28H2,1H3,(H,29,31,32)/b21-14-. The van der Waals surface area contributed by atoms with Crippen molar-refractivity contribution in [3.05, 3.63) is 41.5 Å². The van der Waals surface area contributed by atoms with Gasteiger partial charge >= 0.3 is 0 Å². The molecule has 0 spiro atoms. The number of halogens is 1. The Hall–Kier alpha value is -2.61. The van der Waals surface area contributed by atoms with E-state index in [0.717, 1.165) is 49.8 Å². The van der Waals surface area contributed by atoms with Crippen molar-refractivity contribution in [3.8, 4) is 5.75 Å². The maximum atomic E-state index is 14.2. The minimum Gasteiger partial charge on any atom is -0.490 e. The van der Waals surface area contributed by atoms with Crippen molar-refractivity contribution in [2.75, 3.05) is 13.2 Å². The summed E-state index contributed by atoms with van der Waals surface area (Å²) in [6, 6.07) is 5.06. The highest BCUT2D eigenvalue weighted by Gasteiger charge is 2.26. The van der Waals surface area contributed by atoms with E-state index >= 15 is 0 Å². The number of hydrogen-bond donors (Lipinski definition) is 3. The molecule has 1 heterocycles. The van der Waals surface area contributed by atoms with Crippen molar-refractivity contribution in [1.82, 2.24) is 10.3 Å². The first-order valence-corrected chi connectivity index (χ1v) is 12.1. The quantitative estimate of drug-likeness (QED) is 0.179. The Bertz CT molecular complexity index is 856. The minimum absolute atomic E-state index is 0.0961. The molecule has 0 aromatic heterocycles. The molecule has 1 aromatic rings. The van der Waals surface area contributed by atoms with Gasteiger partial charge in [-0.1, -0.05) is 19.4 Å². The van der Waals surface area contributed by atoms with Crippen LogP contribution in [0.3, 0.4) is 0 Å². The van der Waals surface area contributed by atoms with Crippen molar-refractivity contribution in [1.29, 1.82) is 0 Å². The molecule has 33 heavy (non-hydrogen) atoms. The van der Waals surface area contributed by atoms with Gasteiger partial charge in [-0.25, -0.2) is 10.2 Å². The third kappa shape index (κ3) is 7.45. The molecule has 2 amide bonds. The molecule has 1 aromatic carbocycles. The molecule has 2 aliphatic rings. The van der Waals surface area contributed by atoms with Crippen LogP contribution >= 0.6 is 0 Å². The van der Waals surface area contributed by atoms with E-state index in [-0.39, 0.29) is 29.5 Å². The first-order valence-electron chi connectivity index (χ1n) is 12.1. The van der Waals surface area contributed by atoms with Crippen LogP contribution in [-0.2, 0) is 9.59 Å². The van der Waals surface area contributed by atoms with Crippen molar-refractivity contribution in [3.63, 3.8) is 0 Å². The molecule has 3 rings (SSSR count). The first-order chi connectivity index (χ1) is 15.9. The maximum absolute atomic E-state index is 14.2. The number of hydrogen-bond acceptors (Lipinski definition) is 6. The summed E-state index contributed by atoms with van der Waals surface area (Å²) in [6.45, 7) is 3.21. The summed E-state index contributed by atoms with van der Waals surface area (Å²) in [6.07, 6.45) is 8.88. The average Bonchev–Trinajstić information content (AvgIpc) is 3.62. The van der Waals surface area contributed by atoms with E-state index in [4.69, 9.17) is 16.3 Å². The van der Waals surface area contributed by atoms with Crippen LogP contribution in [0.2, 0.25) is 0 Å². The minimum atomic E-state index is -0.336. The van der Waals surface area contributed by atoms with E-state index in [1.807, 2.05) is 0 Å². The summed E-state index contributed by atoms with van der Waals surface area (Å²) in [7, 11) is 0. The van der Waals surface area contributed by atoms with E-state index in [1.165, 1.54) is 12.3 Å². The predicted molar refractivity (Wildman–Crippen MR) is 125 cm³/mol. The van der Waals surface area contributed by atoms with Crippen molar-refractivity contribution < 1.29 is 18.7 Å². The zero-order valence-electron chi connectivity index (χ0n) is 19.5. The molecular weight excluding hydrogens is 423 g/mol. The van der Waals surface area contributed by atoms with Gasteiger partial charge in [-0.2, -0.15) is 0 Å². The lowest BCUT2D eigenvalue weighted by Gasteiger charge is -2.27.